The van der Waals surface area contributed by atoms with E-state index >= 15 is 0 Å². The Morgan fingerprint density at radius 2 is 1.92 bits per heavy atom. The lowest BCUT2D eigenvalue weighted by Crippen LogP contribution is -2.52. The van der Waals surface area contributed by atoms with Gasteiger partial charge in [-0.15, -0.1) is 0 Å². The number of hydrogen-bond acceptors (Lipinski definition) is 6. The first-order valence-electron chi connectivity index (χ1n) is 8.97. The number of ether oxygens (including phenoxy) is 1. The molecule has 138 valence electrons. The molecule has 0 radical (unpaired) electrons. The molecule has 2 aliphatic rings. The summed E-state index contributed by atoms with van der Waals surface area (Å²) in [6.07, 6.45) is 3.55. The zero-order valence-corrected chi connectivity index (χ0v) is 15.3. The number of rotatable bonds is 4. The minimum absolute atomic E-state index is 0.0661. The monoisotopic (exact) mass is 347 g/mol. The first-order chi connectivity index (χ1) is 12.0. The third-order valence-electron chi connectivity index (χ3n) is 4.63. The van der Waals surface area contributed by atoms with E-state index in [1.165, 1.54) is 0 Å². The second kappa shape index (κ2) is 7.97. The quantitative estimate of drug-likeness (QED) is 0.607. The molecule has 0 saturated carbocycles. The Morgan fingerprint density at radius 3 is 2.60 bits per heavy atom. The van der Waals surface area contributed by atoms with Crippen LogP contribution in [0.4, 0.5) is 5.95 Å². The Bertz CT molecular complexity index is 570. The fourth-order valence-corrected chi connectivity index (χ4v) is 3.30. The van der Waals surface area contributed by atoms with Gasteiger partial charge in [0.2, 0.25) is 5.95 Å². The molecule has 2 aliphatic heterocycles. The van der Waals surface area contributed by atoms with Gasteiger partial charge in [0.1, 0.15) is 0 Å². The van der Waals surface area contributed by atoms with Gasteiger partial charge in [-0.3, -0.25) is 9.89 Å². The van der Waals surface area contributed by atoms with Crippen molar-refractivity contribution in [1.82, 2.24) is 19.8 Å². The van der Waals surface area contributed by atoms with Crippen molar-refractivity contribution in [3.63, 3.8) is 0 Å². The van der Waals surface area contributed by atoms with Crippen LogP contribution in [0.25, 0.3) is 0 Å². The number of hydrogen-bond donors (Lipinski definition) is 1. The molecule has 0 aliphatic carbocycles. The molecule has 0 amide bonds. The van der Waals surface area contributed by atoms with Gasteiger partial charge in [0, 0.05) is 58.2 Å². The number of guanidine groups is 1. The Hall–Kier alpha value is -1.93. The molecule has 2 saturated heterocycles. The summed E-state index contributed by atoms with van der Waals surface area (Å²) in [4.78, 5) is 19.9. The van der Waals surface area contributed by atoms with Gasteiger partial charge < -0.3 is 20.3 Å². The van der Waals surface area contributed by atoms with Gasteiger partial charge in [0.15, 0.2) is 5.96 Å². The molecule has 2 N–H and O–H groups in total. The van der Waals surface area contributed by atoms with E-state index < -0.39 is 0 Å². The molecular formula is C17H29N7O. The molecule has 0 bridgehead atoms. The largest absolute Gasteiger partial charge is 0.373 e. The molecule has 1 aromatic rings. The normalized spacial score (nSPS) is 22.2. The van der Waals surface area contributed by atoms with E-state index in [0.29, 0.717) is 5.96 Å². The minimum Gasteiger partial charge on any atom is -0.373 e. The van der Waals surface area contributed by atoms with Crippen molar-refractivity contribution in [2.45, 2.75) is 19.4 Å². The maximum absolute atomic E-state index is 6.18. The fraction of sp³-hybridized carbons (Fsp3) is 0.706. The van der Waals surface area contributed by atoms with E-state index in [0.717, 1.165) is 64.9 Å². The number of aliphatic imine (C=N–C) groups is 1. The van der Waals surface area contributed by atoms with Gasteiger partial charge in [-0.1, -0.05) is 0 Å². The SMILES string of the molecule is CC1(C)CN(CCN=C(N)N2CCN(c3ncccn3)CC2)CCO1. The summed E-state index contributed by atoms with van der Waals surface area (Å²) in [6, 6.07) is 1.83. The Balaban J connectivity index is 1.43. The molecular weight excluding hydrogens is 318 g/mol. The van der Waals surface area contributed by atoms with Crippen molar-refractivity contribution in [3.8, 4) is 0 Å². The lowest BCUT2D eigenvalue weighted by atomic mass is 10.1. The topological polar surface area (TPSA) is 83.1 Å². The predicted octanol–water partition coefficient (Wildman–Crippen LogP) is 0.0241. The van der Waals surface area contributed by atoms with Crippen LogP contribution in [-0.4, -0.2) is 90.3 Å². The second-order valence-corrected chi connectivity index (χ2v) is 7.15. The van der Waals surface area contributed by atoms with Gasteiger partial charge in [0.25, 0.3) is 0 Å². The van der Waals surface area contributed by atoms with E-state index in [2.05, 4.69) is 43.5 Å². The van der Waals surface area contributed by atoms with Crippen LogP contribution >= 0.6 is 0 Å². The number of morpholine rings is 1. The van der Waals surface area contributed by atoms with Crippen LogP contribution < -0.4 is 10.6 Å². The number of aromatic nitrogens is 2. The van der Waals surface area contributed by atoms with E-state index in [1.807, 2.05) is 6.07 Å². The Labute approximate surface area is 149 Å². The third kappa shape index (κ3) is 5.02. The van der Waals surface area contributed by atoms with Crippen molar-refractivity contribution >= 4 is 11.9 Å². The number of piperazine rings is 1. The van der Waals surface area contributed by atoms with E-state index in [4.69, 9.17) is 10.5 Å². The smallest absolute Gasteiger partial charge is 0.225 e. The molecule has 0 unspecified atom stereocenters. The van der Waals surface area contributed by atoms with Crippen molar-refractivity contribution in [2.75, 3.05) is 63.9 Å². The summed E-state index contributed by atoms with van der Waals surface area (Å²) in [5.74, 6) is 1.42. The summed E-state index contributed by atoms with van der Waals surface area (Å²) in [5, 5.41) is 0. The Kier molecular flexibility index (Phi) is 5.70. The molecule has 2 fully saturated rings. The maximum Gasteiger partial charge on any atom is 0.225 e. The van der Waals surface area contributed by atoms with Crippen LogP contribution in [0.1, 0.15) is 13.8 Å². The van der Waals surface area contributed by atoms with Crippen LogP contribution in [0.3, 0.4) is 0 Å². The van der Waals surface area contributed by atoms with Gasteiger partial charge in [-0.25, -0.2) is 9.97 Å². The van der Waals surface area contributed by atoms with Crippen LogP contribution in [0, 0.1) is 0 Å². The molecule has 0 spiro atoms. The van der Waals surface area contributed by atoms with Gasteiger partial charge in [-0.2, -0.15) is 0 Å². The first-order valence-corrected chi connectivity index (χ1v) is 8.97. The first kappa shape index (κ1) is 17.9. The predicted molar refractivity (Wildman–Crippen MR) is 98.8 cm³/mol. The average molecular weight is 347 g/mol. The summed E-state index contributed by atoms with van der Waals surface area (Å²) >= 11 is 0. The lowest BCUT2D eigenvalue weighted by Gasteiger charge is -2.38. The minimum atomic E-state index is -0.0661. The Morgan fingerprint density at radius 1 is 1.20 bits per heavy atom. The fourth-order valence-electron chi connectivity index (χ4n) is 3.30. The van der Waals surface area contributed by atoms with Gasteiger partial charge >= 0.3 is 0 Å². The molecule has 8 heteroatoms. The highest BCUT2D eigenvalue weighted by molar-refractivity contribution is 5.78. The molecule has 3 rings (SSSR count). The molecule has 3 heterocycles. The molecule has 0 aromatic carbocycles. The maximum atomic E-state index is 6.18. The molecule has 0 atom stereocenters. The summed E-state index contributed by atoms with van der Waals surface area (Å²) in [6.45, 7) is 12.0. The summed E-state index contributed by atoms with van der Waals surface area (Å²) < 4.78 is 5.74. The van der Waals surface area contributed by atoms with Crippen LogP contribution in [0.15, 0.2) is 23.5 Å². The third-order valence-corrected chi connectivity index (χ3v) is 4.63. The standard InChI is InChI=1S/C17H29N7O/c1-17(2)14-22(12-13-25-17)7-6-19-15(18)23-8-10-24(11-9-23)16-20-4-3-5-21-16/h3-5H,6-14H2,1-2H3,(H2,18,19). The van der Waals surface area contributed by atoms with Crippen LogP contribution in [-0.2, 0) is 4.74 Å². The number of anilines is 1. The van der Waals surface area contributed by atoms with Crippen molar-refractivity contribution in [1.29, 1.82) is 0 Å². The highest BCUT2D eigenvalue weighted by atomic mass is 16.5. The van der Waals surface area contributed by atoms with Crippen LogP contribution in [0.5, 0.6) is 0 Å². The number of nitrogens with two attached hydrogens (primary N) is 1. The zero-order valence-electron chi connectivity index (χ0n) is 15.3. The highest BCUT2D eigenvalue weighted by Gasteiger charge is 2.26. The van der Waals surface area contributed by atoms with E-state index in [-0.39, 0.29) is 5.60 Å². The highest BCUT2D eigenvalue weighted by Crippen LogP contribution is 2.16. The zero-order chi connectivity index (χ0) is 17.7. The van der Waals surface area contributed by atoms with Crippen molar-refractivity contribution in [3.05, 3.63) is 18.5 Å². The van der Waals surface area contributed by atoms with E-state index in [9.17, 15) is 0 Å². The molecule has 1 aromatic heterocycles. The van der Waals surface area contributed by atoms with Crippen molar-refractivity contribution in [2.24, 2.45) is 10.7 Å². The number of nitrogens with zero attached hydrogens (tertiary/aromatic N) is 6. The van der Waals surface area contributed by atoms with Crippen molar-refractivity contribution < 1.29 is 4.74 Å². The van der Waals surface area contributed by atoms with Gasteiger partial charge in [-0.05, 0) is 19.9 Å². The summed E-state index contributed by atoms with van der Waals surface area (Å²) in [5.41, 5.74) is 6.12. The van der Waals surface area contributed by atoms with E-state index in [1.54, 1.807) is 12.4 Å². The van der Waals surface area contributed by atoms with Crippen LogP contribution in [0.2, 0.25) is 0 Å². The van der Waals surface area contributed by atoms with Gasteiger partial charge in [0.05, 0.1) is 18.8 Å². The second-order valence-electron chi connectivity index (χ2n) is 7.15. The molecule has 8 nitrogen and oxygen atoms in total. The average Bonchev–Trinajstić information content (AvgIpc) is 2.62. The molecule has 25 heavy (non-hydrogen) atoms. The lowest BCUT2D eigenvalue weighted by molar-refractivity contribution is -0.0850. The summed E-state index contributed by atoms with van der Waals surface area (Å²) in [7, 11) is 0.